The van der Waals surface area contributed by atoms with Crippen LogP contribution >= 0.6 is 11.6 Å². The van der Waals surface area contributed by atoms with Gasteiger partial charge in [-0.3, -0.25) is 14.3 Å². The lowest BCUT2D eigenvalue weighted by atomic mass is 9.56. The number of pyridine rings is 1. The van der Waals surface area contributed by atoms with Crippen LogP contribution in [0, 0.1) is 11.2 Å². The van der Waals surface area contributed by atoms with Crippen molar-refractivity contribution in [2.45, 2.75) is 82.9 Å². The van der Waals surface area contributed by atoms with E-state index in [-0.39, 0.29) is 33.6 Å². The monoisotopic (exact) mass is 636 g/mol. The predicted molar refractivity (Wildman–Crippen MR) is 174 cm³/mol. The van der Waals surface area contributed by atoms with Crippen LogP contribution in [0.3, 0.4) is 0 Å². The highest BCUT2D eigenvalue weighted by molar-refractivity contribution is 6.76. The van der Waals surface area contributed by atoms with Crippen LogP contribution in [0.2, 0.25) is 30.7 Å². The number of nitrogens with zero attached hydrogens (tertiary/aromatic N) is 6. The molecule has 1 spiro atoms. The Labute approximate surface area is 263 Å². The van der Waals surface area contributed by atoms with Crippen LogP contribution in [-0.4, -0.2) is 56.6 Å². The molecular weight excluding hydrogens is 595 g/mol. The van der Waals surface area contributed by atoms with Crippen LogP contribution in [-0.2, 0) is 30.5 Å². The lowest BCUT2D eigenvalue weighted by molar-refractivity contribution is 0.0861. The third-order valence-electron chi connectivity index (χ3n) is 10.1. The maximum absolute atomic E-state index is 16.2. The zero-order chi connectivity index (χ0) is 30.9. The van der Waals surface area contributed by atoms with E-state index in [0.29, 0.717) is 29.9 Å². The summed E-state index contributed by atoms with van der Waals surface area (Å²) in [6.07, 6.45) is 10.1. The Morgan fingerprint density at radius 3 is 2.55 bits per heavy atom. The Morgan fingerprint density at radius 1 is 1.14 bits per heavy atom. The van der Waals surface area contributed by atoms with Crippen molar-refractivity contribution in [1.29, 1.82) is 0 Å². The summed E-state index contributed by atoms with van der Waals surface area (Å²) < 4.78 is 27.7. The minimum absolute atomic E-state index is 0.112. The average Bonchev–Trinajstić information content (AvgIpc) is 3.24. The second kappa shape index (κ2) is 10.9. The molecule has 7 rings (SSSR count). The number of aryl methyl sites for hydroxylation is 1. The van der Waals surface area contributed by atoms with Gasteiger partial charge in [-0.25, -0.2) is 4.39 Å². The number of rotatable bonds is 10. The minimum Gasteiger partial charge on any atom is -0.361 e. The summed E-state index contributed by atoms with van der Waals surface area (Å²) in [5.41, 5.74) is 2.37. The zero-order valence-corrected chi connectivity index (χ0v) is 28.0. The average molecular weight is 637 g/mol. The number of benzene rings is 1. The van der Waals surface area contributed by atoms with E-state index in [2.05, 4.69) is 46.9 Å². The van der Waals surface area contributed by atoms with Gasteiger partial charge in [0, 0.05) is 40.2 Å². The molecule has 0 radical (unpaired) electrons. The molecule has 234 valence electrons. The summed E-state index contributed by atoms with van der Waals surface area (Å²) >= 11 is 6.84. The van der Waals surface area contributed by atoms with Crippen molar-refractivity contribution in [3.05, 3.63) is 75.1 Å². The van der Waals surface area contributed by atoms with Gasteiger partial charge in [0.25, 0.3) is 5.56 Å². The Morgan fingerprint density at radius 2 is 1.89 bits per heavy atom. The van der Waals surface area contributed by atoms with Crippen molar-refractivity contribution >= 4 is 30.6 Å². The fourth-order valence-corrected chi connectivity index (χ4v) is 8.55. The van der Waals surface area contributed by atoms with Crippen molar-refractivity contribution in [3.63, 3.8) is 0 Å². The molecule has 1 aliphatic heterocycles. The van der Waals surface area contributed by atoms with Gasteiger partial charge < -0.3 is 13.9 Å². The van der Waals surface area contributed by atoms with E-state index in [4.69, 9.17) is 16.3 Å². The highest BCUT2D eigenvalue weighted by atomic mass is 35.5. The molecule has 1 aromatic carbocycles. The van der Waals surface area contributed by atoms with Gasteiger partial charge in [0.15, 0.2) is 5.82 Å². The maximum Gasteiger partial charge on any atom is 0.279 e. The molecule has 0 atom stereocenters. The second-order valence-electron chi connectivity index (χ2n) is 14.6. The highest BCUT2D eigenvalue weighted by Gasteiger charge is 2.63. The Kier molecular flexibility index (Phi) is 7.42. The first-order chi connectivity index (χ1) is 21.0. The summed E-state index contributed by atoms with van der Waals surface area (Å²) in [6.45, 7) is 9.83. The smallest absolute Gasteiger partial charge is 0.279 e. The van der Waals surface area contributed by atoms with Crippen molar-refractivity contribution in [2.75, 3.05) is 19.7 Å². The van der Waals surface area contributed by atoms with Crippen LogP contribution < -0.4 is 5.56 Å². The maximum atomic E-state index is 16.2. The molecular formula is C33H42ClFN6O2Si. The van der Waals surface area contributed by atoms with E-state index < -0.39 is 13.9 Å². The van der Waals surface area contributed by atoms with Gasteiger partial charge in [0.2, 0.25) is 0 Å². The van der Waals surface area contributed by atoms with Crippen molar-refractivity contribution in [1.82, 2.24) is 28.8 Å². The number of fused-ring (bicyclic) bond motifs is 1. The van der Waals surface area contributed by atoms with Crippen LogP contribution in [0.15, 0.2) is 41.6 Å². The zero-order valence-electron chi connectivity index (χ0n) is 26.2. The summed E-state index contributed by atoms with van der Waals surface area (Å²) in [5.74, 6) is 0.528. The number of likely N-dealkylation sites (tertiary alicyclic amines) is 1. The third-order valence-corrected chi connectivity index (χ3v) is 12.1. The summed E-state index contributed by atoms with van der Waals surface area (Å²) in [5, 5.41) is 9.12. The lowest BCUT2D eigenvalue weighted by Gasteiger charge is -2.48. The Bertz CT molecular complexity index is 1770. The van der Waals surface area contributed by atoms with Gasteiger partial charge in [0.1, 0.15) is 24.4 Å². The van der Waals surface area contributed by atoms with Crippen LogP contribution in [0.25, 0.3) is 16.6 Å². The molecule has 0 bridgehead atoms. The summed E-state index contributed by atoms with van der Waals surface area (Å²) in [4.78, 5) is 16.6. The SMILES string of the molecule is Cn1cnnc1C1(c2cccc(-n3cc(Cl)c4c(F)c(CN5CCCC5)n(COCC[Si](C)(C)C)c4c3=O)c2)CC2(CC2)C1. The van der Waals surface area contributed by atoms with Gasteiger partial charge in [-0.15, -0.1) is 10.2 Å². The van der Waals surface area contributed by atoms with Crippen LogP contribution in [0.5, 0.6) is 0 Å². The molecule has 4 aromatic rings. The van der Waals surface area contributed by atoms with Gasteiger partial charge in [0.05, 0.1) is 21.5 Å². The molecule has 0 unspecified atom stereocenters. The molecule has 0 amide bonds. The Balaban J connectivity index is 1.32. The normalized spacial score (nSPS) is 19.2. The molecule has 3 aliphatic rings. The largest absolute Gasteiger partial charge is 0.361 e. The molecule has 8 nitrogen and oxygen atoms in total. The molecule has 2 saturated carbocycles. The molecule has 4 heterocycles. The van der Waals surface area contributed by atoms with Gasteiger partial charge in [-0.05, 0) is 80.8 Å². The third kappa shape index (κ3) is 5.17. The second-order valence-corrected chi connectivity index (χ2v) is 20.7. The fraction of sp³-hybridized carbons (Fsp3) is 0.545. The first-order valence-corrected chi connectivity index (χ1v) is 20.0. The highest BCUT2D eigenvalue weighted by Crippen LogP contribution is 2.70. The van der Waals surface area contributed by atoms with Crippen molar-refractivity contribution in [3.8, 4) is 5.69 Å². The van der Waals surface area contributed by atoms with Crippen LogP contribution in [0.1, 0.15) is 55.6 Å². The lowest BCUT2D eigenvalue weighted by Crippen LogP contribution is -2.45. The summed E-state index contributed by atoms with van der Waals surface area (Å²) in [6, 6.07) is 9.10. The Hall–Kier alpha value is -2.79. The van der Waals surface area contributed by atoms with Gasteiger partial charge >= 0.3 is 0 Å². The van der Waals surface area contributed by atoms with E-state index in [1.807, 2.05) is 23.7 Å². The number of hydrogen-bond acceptors (Lipinski definition) is 5. The van der Waals surface area contributed by atoms with E-state index in [1.165, 1.54) is 12.8 Å². The molecule has 11 heteroatoms. The molecule has 2 aliphatic carbocycles. The topological polar surface area (TPSA) is 70.1 Å². The molecule has 0 N–H and O–H groups in total. The first-order valence-electron chi connectivity index (χ1n) is 15.9. The van der Waals surface area contributed by atoms with Crippen molar-refractivity contribution in [2.24, 2.45) is 12.5 Å². The predicted octanol–water partition coefficient (Wildman–Crippen LogP) is 6.48. The van der Waals surface area contributed by atoms with Gasteiger partial charge in [-0.2, -0.15) is 0 Å². The van der Waals surface area contributed by atoms with Crippen molar-refractivity contribution < 1.29 is 9.13 Å². The summed E-state index contributed by atoms with van der Waals surface area (Å²) in [7, 11) is 0.670. The molecule has 3 fully saturated rings. The fourth-order valence-electron chi connectivity index (χ4n) is 7.52. The van der Waals surface area contributed by atoms with E-state index in [9.17, 15) is 4.79 Å². The number of ether oxygens (including phenoxy) is 1. The molecule has 3 aromatic heterocycles. The number of hydrogen-bond donors (Lipinski definition) is 0. The first kappa shape index (κ1) is 29.9. The minimum atomic E-state index is -1.32. The van der Waals surface area contributed by atoms with E-state index in [1.54, 1.807) is 21.7 Å². The molecule has 44 heavy (non-hydrogen) atoms. The van der Waals surface area contributed by atoms with Crippen LogP contribution in [0.4, 0.5) is 4.39 Å². The number of halogens is 2. The van der Waals surface area contributed by atoms with E-state index >= 15 is 4.39 Å². The number of aromatic nitrogens is 5. The van der Waals surface area contributed by atoms with Gasteiger partial charge in [-0.1, -0.05) is 43.4 Å². The quantitative estimate of drug-likeness (QED) is 0.147. The molecule has 1 saturated heterocycles. The van der Waals surface area contributed by atoms with E-state index in [0.717, 1.165) is 56.2 Å². The standard InChI is InChI=1S/C33H42ClFN6O2Si/c1-38-21-36-37-31(38)33(19-32(20-33)10-11-32)23-8-7-9-24(16-23)40-17-25(34)27-28(35)26(18-39-12-5-6-13-39)41(29(27)30(40)42)22-43-14-15-44(2,3)4/h7-9,16-17,21H,5-6,10-15,18-20,22H2,1-4H3.